The van der Waals surface area contributed by atoms with Gasteiger partial charge in [-0.25, -0.2) is 13.2 Å². The maximum absolute atomic E-state index is 12.6. The number of hydrogen-bond donors (Lipinski definition) is 2. The summed E-state index contributed by atoms with van der Waals surface area (Å²) in [6.45, 7) is 3.74. The Morgan fingerprint density at radius 1 is 1.11 bits per heavy atom. The van der Waals surface area contributed by atoms with Crippen LogP contribution in [-0.4, -0.2) is 60.6 Å². The van der Waals surface area contributed by atoms with Crippen LogP contribution in [0.4, 0.5) is 10.5 Å². The normalized spacial score (nSPS) is 20.1. The van der Waals surface area contributed by atoms with E-state index in [0.29, 0.717) is 18.8 Å². The summed E-state index contributed by atoms with van der Waals surface area (Å²) in [5.41, 5.74) is -0.657. The number of carbonyl (C=O) groups is 3. The van der Waals surface area contributed by atoms with Gasteiger partial charge in [0.15, 0.2) is 0 Å². The Kier molecular flexibility index (Phi) is 5.44. The molecular weight excluding hydrogens is 384 g/mol. The lowest BCUT2D eigenvalue weighted by molar-refractivity contribution is -0.132. The topological polar surface area (TPSA) is 116 Å². The lowest BCUT2D eigenvalue weighted by Gasteiger charge is -2.25. The zero-order valence-corrected chi connectivity index (χ0v) is 16.7. The van der Waals surface area contributed by atoms with Crippen molar-refractivity contribution in [3.05, 3.63) is 24.3 Å². The second-order valence-corrected chi connectivity index (χ2v) is 9.42. The molecule has 2 heterocycles. The zero-order chi connectivity index (χ0) is 20.5. The number of hydrogen-bond acceptors (Lipinski definition) is 5. The number of piperidine rings is 1. The first-order chi connectivity index (χ1) is 13.1. The molecule has 3 rings (SSSR count). The van der Waals surface area contributed by atoms with Gasteiger partial charge in [0.25, 0.3) is 5.91 Å². The molecule has 10 heteroatoms. The summed E-state index contributed by atoms with van der Waals surface area (Å²) in [5, 5.41) is 5.08. The third-order valence-corrected chi connectivity index (χ3v) is 6.75. The molecule has 4 amide bonds. The van der Waals surface area contributed by atoms with Crippen molar-refractivity contribution < 1.29 is 22.8 Å². The lowest BCUT2D eigenvalue weighted by Crippen LogP contribution is -2.41. The van der Waals surface area contributed by atoms with Gasteiger partial charge in [-0.1, -0.05) is 6.42 Å². The number of carbonyl (C=O) groups excluding carboxylic acids is 3. The van der Waals surface area contributed by atoms with E-state index < -0.39 is 40.0 Å². The van der Waals surface area contributed by atoms with Crippen LogP contribution in [0, 0.1) is 0 Å². The molecule has 2 fully saturated rings. The lowest BCUT2D eigenvalue weighted by atomic mass is 10.1. The summed E-state index contributed by atoms with van der Waals surface area (Å²) >= 11 is 0. The van der Waals surface area contributed by atoms with Gasteiger partial charge < -0.3 is 10.6 Å². The largest absolute Gasteiger partial charge is 0.325 e. The van der Waals surface area contributed by atoms with Crippen LogP contribution >= 0.6 is 0 Å². The maximum Gasteiger partial charge on any atom is 0.325 e. The highest BCUT2D eigenvalue weighted by molar-refractivity contribution is 7.89. The molecule has 0 unspecified atom stereocenters. The van der Waals surface area contributed by atoms with E-state index >= 15 is 0 Å². The summed E-state index contributed by atoms with van der Waals surface area (Å²) in [6, 6.07) is 5.25. The van der Waals surface area contributed by atoms with Crippen LogP contribution in [-0.2, 0) is 19.6 Å². The van der Waals surface area contributed by atoms with Crippen molar-refractivity contribution in [1.82, 2.24) is 14.5 Å². The van der Waals surface area contributed by atoms with E-state index in [4.69, 9.17) is 0 Å². The van der Waals surface area contributed by atoms with Gasteiger partial charge in [-0.2, -0.15) is 4.31 Å². The molecule has 0 spiro atoms. The SMILES string of the molecule is CC1(C)NC(=O)N(CC(=O)Nc2ccc(S(=O)(=O)N3CCCCC3)cc2)C1=O. The Bertz CT molecular complexity index is 889. The van der Waals surface area contributed by atoms with Gasteiger partial charge in [0.2, 0.25) is 15.9 Å². The Balaban J connectivity index is 1.63. The number of anilines is 1. The van der Waals surface area contributed by atoms with E-state index in [1.807, 2.05) is 0 Å². The van der Waals surface area contributed by atoms with Gasteiger partial charge in [0.05, 0.1) is 4.90 Å². The molecule has 152 valence electrons. The van der Waals surface area contributed by atoms with Crippen LogP contribution in [0.15, 0.2) is 29.2 Å². The van der Waals surface area contributed by atoms with Gasteiger partial charge in [0.1, 0.15) is 12.1 Å². The molecular formula is C18H24N4O5S. The molecule has 1 aromatic rings. The molecule has 0 radical (unpaired) electrons. The fourth-order valence-corrected chi connectivity index (χ4v) is 4.79. The second-order valence-electron chi connectivity index (χ2n) is 7.48. The Labute approximate surface area is 164 Å². The molecule has 28 heavy (non-hydrogen) atoms. The first kappa shape index (κ1) is 20.3. The highest BCUT2D eigenvalue weighted by Gasteiger charge is 2.44. The minimum atomic E-state index is -3.54. The first-order valence-electron chi connectivity index (χ1n) is 9.15. The molecule has 9 nitrogen and oxygen atoms in total. The first-order valence-corrected chi connectivity index (χ1v) is 10.6. The fourth-order valence-electron chi connectivity index (χ4n) is 3.27. The summed E-state index contributed by atoms with van der Waals surface area (Å²) < 4.78 is 26.7. The van der Waals surface area contributed by atoms with Crippen molar-refractivity contribution in [2.45, 2.75) is 43.5 Å². The number of benzene rings is 1. The Morgan fingerprint density at radius 3 is 2.25 bits per heavy atom. The molecule has 0 saturated carbocycles. The average Bonchev–Trinajstić information content (AvgIpc) is 2.84. The van der Waals surface area contributed by atoms with Crippen LogP contribution in [0.2, 0.25) is 0 Å². The van der Waals surface area contributed by atoms with Gasteiger partial charge in [-0.05, 0) is 51.0 Å². The van der Waals surface area contributed by atoms with Crippen molar-refractivity contribution in [3.63, 3.8) is 0 Å². The van der Waals surface area contributed by atoms with E-state index in [-0.39, 0.29) is 4.90 Å². The van der Waals surface area contributed by atoms with Gasteiger partial charge in [-0.3, -0.25) is 14.5 Å². The van der Waals surface area contributed by atoms with Crippen LogP contribution < -0.4 is 10.6 Å². The maximum atomic E-state index is 12.6. The van der Waals surface area contributed by atoms with Crippen molar-refractivity contribution in [2.24, 2.45) is 0 Å². The quantitative estimate of drug-likeness (QED) is 0.709. The number of urea groups is 1. The number of imide groups is 1. The summed E-state index contributed by atoms with van der Waals surface area (Å²) in [4.78, 5) is 37.2. The minimum Gasteiger partial charge on any atom is -0.325 e. The highest BCUT2D eigenvalue weighted by atomic mass is 32.2. The monoisotopic (exact) mass is 408 g/mol. The smallest absolute Gasteiger partial charge is 0.325 e. The Morgan fingerprint density at radius 2 is 1.71 bits per heavy atom. The molecule has 2 aliphatic heterocycles. The zero-order valence-electron chi connectivity index (χ0n) is 15.9. The third-order valence-electron chi connectivity index (χ3n) is 4.84. The minimum absolute atomic E-state index is 0.170. The molecule has 2 aliphatic rings. The number of amides is 4. The molecule has 0 bridgehead atoms. The van der Waals surface area contributed by atoms with E-state index in [0.717, 1.165) is 24.2 Å². The van der Waals surface area contributed by atoms with Crippen LogP contribution in [0.25, 0.3) is 0 Å². The second kappa shape index (κ2) is 7.51. The van der Waals surface area contributed by atoms with Crippen molar-refractivity contribution in [3.8, 4) is 0 Å². The van der Waals surface area contributed by atoms with E-state index in [2.05, 4.69) is 10.6 Å². The summed E-state index contributed by atoms with van der Waals surface area (Å²) in [6.07, 6.45) is 2.74. The Hall–Kier alpha value is -2.46. The van der Waals surface area contributed by atoms with Gasteiger partial charge >= 0.3 is 6.03 Å². The van der Waals surface area contributed by atoms with Gasteiger partial charge in [0, 0.05) is 18.8 Å². The average molecular weight is 408 g/mol. The van der Waals surface area contributed by atoms with Crippen LogP contribution in [0.3, 0.4) is 0 Å². The third kappa shape index (κ3) is 4.02. The number of nitrogens with one attached hydrogen (secondary N) is 2. The molecule has 2 N–H and O–H groups in total. The van der Waals surface area contributed by atoms with E-state index in [1.165, 1.54) is 28.6 Å². The van der Waals surface area contributed by atoms with E-state index in [9.17, 15) is 22.8 Å². The number of sulfonamides is 1. The summed E-state index contributed by atoms with van der Waals surface area (Å²) in [5.74, 6) is -1.02. The molecule has 2 saturated heterocycles. The van der Waals surface area contributed by atoms with Crippen molar-refractivity contribution in [2.75, 3.05) is 25.0 Å². The highest BCUT2D eigenvalue weighted by Crippen LogP contribution is 2.22. The molecule has 0 aromatic heterocycles. The number of rotatable bonds is 5. The number of nitrogens with zero attached hydrogens (tertiary/aromatic N) is 2. The molecule has 1 aromatic carbocycles. The predicted octanol–water partition coefficient (Wildman–Crippen LogP) is 1.13. The van der Waals surface area contributed by atoms with Crippen LogP contribution in [0.5, 0.6) is 0 Å². The standard InChI is InChI=1S/C18H24N4O5S/c1-18(2)16(24)22(17(25)20-18)12-15(23)19-13-6-8-14(9-7-13)28(26,27)21-10-4-3-5-11-21/h6-9H,3-5,10-12H2,1-2H3,(H,19,23)(H,20,25). The fraction of sp³-hybridized carbons (Fsp3) is 0.500. The predicted molar refractivity (Wildman–Crippen MR) is 102 cm³/mol. The van der Waals surface area contributed by atoms with Gasteiger partial charge in [-0.15, -0.1) is 0 Å². The van der Waals surface area contributed by atoms with E-state index in [1.54, 1.807) is 13.8 Å². The summed E-state index contributed by atoms with van der Waals surface area (Å²) in [7, 11) is -3.54. The van der Waals surface area contributed by atoms with Crippen molar-refractivity contribution >= 4 is 33.6 Å². The molecule has 0 atom stereocenters. The van der Waals surface area contributed by atoms with Crippen molar-refractivity contribution in [1.29, 1.82) is 0 Å². The van der Waals surface area contributed by atoms with Crippen LogP contribution in [0.1, 0.15) is 33.1 Å². The molecule has 0 aliphatic carbocycles.